The highest BCUT2D eigenvalue weighted by molar-refractivity contribution is 4.96. The van der Waals surface area contributed by atoms with Crippen molar-refractivity contribution in [1.82, 2.24) is 0 Å². The molecule has 0 aromatic heterocycles. The van der Waals surface area contributed by atoms with E-state index in [4.69, 9.17) is 0 Å². The van der Waals surface area contributed by atoms with Crippen molar-refractivity contribution >= 4 is 0 Å². The molecular weight excluding hydrogens is 144 g/mol. The molecule has 72 valence electrons. The summed E-state index contributed by atoms with van der Waals surface area (Å²) in [4.78, 5) is 0. The van der Waals surface area contributed by atoms with E-state index in [-0.39, 0.29) is 0 Å². The minimum absolute atomic E-state index is 0.834. The lowest BCUT2D eigenvalue weighted by atomic mass is 9.93. The van der Waals surface area contributed by atoms with Crippen molar-refractivity contribution in [2.24, 2.45) is 11.8 Å². The van der Waals surface area contributed by atoms with Gasteiger partial charge in [0.15, 0.2) is 0 Å². The van der Waals surface area contributed by atoms with Gasteiger partial charge in [-0.15, -0.1) is 0 Å². The summed E-state index contributed by atoms with van der Waals surface area (Å²) < 4.78 is 0. The van der Waals surface area contributed by atoms with Crippen LogP contribution in [-0.4, -0.2) is 0 Å². The summed E-state index contributed by atoms with van der Waals surface area (Å²) in [6.45, 7) is 11.4. The van der Waals surface area contributed by atoms with Crippen LogP contribution in [0.5, 0.6) is 0 Å². The lowest BCUT2D eigenvalue weighted by molar-refractivity contribution is 0.395. The highest BCUT2D eigenvalue weighted by atomic mass is 14.1. The molecule has 0 N–H and O–H groups in total. The Morgan fingerprint density at radius 3 is 2.25 bits per heavy atom. The average Bonchev–Trinajstić information content (AvgIpc) is 2.03. The Morgan fingerprint density at radius 1 is 1.25 bits per heavy atom. The highest BCUT2D eigenvalue weighted by Crippen LogP contribution is 2.16. The second-order valence-corrected chi connectivity index (χ2v) is 4.20. The van der Waals surface area contributed by atoms with Gasteiger partial charge in [-0.25, -0.2) is 0 Å². The fourth-order valence-corrected chi connectivity index (χ4v) is 1.07. The van der Waals surface area contributed by atoms with Gasteiger partial charge in [-0.05, 0) is 38.0 Å². The fourth-order valence-electron chi connectivity index (χ4n) is 1.07. The first-order valence-electron chi connectivity index (χ1n) is 5.23. The molecule has 0 heteroatoms. The number of rotatable bonds is 5. The van der Waals surface area contributed by atoms with E-state index in [9.17, 15) is 0 Å². The molecule has 0 radical (unpaired) electrons. The van der Waals surface area contributed by atoms with Gasteiger partial charge in [-0.3, -0.25) is 0 Å². The summed E-state index contributed by atoms with van der Waals surface area (Å²) in [6.07, 6.45) is 6.20. The topological polar surface area (TPSA) is 0 Å². The lowest BCUT2D eigenvalue weighted by Gasteiger charge is -2.13. The molecule has 0 aliphatic rings. The molecule has 0 rings (SSSR count). The molecular formula is C12H24. The Hall–Kier alpha value is -0.260. The van der Waals surface area contributed by atoms with Crippen LogP contribution in [0.4, 0.5) is 0 Å². The van der Waals surface area contributed by atoms with E-state index in [1.54, 1.807) is 0 Å². The molecule has 0 aromatic rings. The van der Waals surface area contributed by atoms with Crippen LogP contribution < -0.4 is 0 Å². The molecule has 0 spiro atoms. The third kappa shape index (κ3) is 5.40. The molecule has 0 bridgehead atoms. The Balaban J connectivity index is 3.55. The van der Waals surface area contributed by atoms with Crippen molar-refractivity contribution in [3.8, 4) is 0 Å². The summed E-state index contributed by atoms with van der Waals surface area (Å²) in [5.74, 6) is 1.70. The monoisotopic (exact) mass is 168 g/mol. The fraction of sp³-hybridized carbons (Fsp3) is 0.833. The standard InChI is InChI=1S/C12H24/c1-6-11(4)8-7-9-12(5)10(2)3/h8,10,12H,6-7,9H2,1-5H3. The molecule has 0 aliphatic heterocycles. The molecule has 0 aliphatic carbocycles. The van der Waals surface area contributed by atoms with Gasteiger partial charge in [-0.2, -0.15) is 0 Å². The van der Waals surface area contributed by atoms with Crippen molar-refractivity contribution in [2.45, 2.75) is 53.9 Å². The zero-order valence-corrected chi connectivity index (χ0v) is 9.35. The zero-order chi connectivity index (χ0) is 9.56. The smallest absolute Gasteiger partial charge is 0.0346 e. The van der Waals surface area contributed by atoms with Crippen LogP contribution >= 0.6 is 0 Å². The van der Waals surface area contributed by atoms with E-state index in [0.717, 1.165) is 11.8 Å². The van der Waals surface area contributed by atoms with Crippen LogP contribution in [0.15, 0.2) is 11.6 Å². The number of hydrogen-bond acceptors (Lipinski definition) is 0. The molecule has 12 heavy (non-hydrogen) atoms. The van der Waals surface area contributed by atoms with Crippen LogP contribution in [0.2, 0.25) is 0 Å². The Labute approximate surface area is 78.1 Å². The van der Waals surface area contributed by atoms with E-state index in [0.29, 0.717) is 0 Å². The third-order valence-corrected chi connectivity index (χ3v) is 2.81. The molecule has 0 saturated carbocycles. The van der Waals surface area contributed by atoms with E-state index in [1.807, 2.05) is 0 Å². The summed E-state index contributed by atoms with van der Waals surface area (Å²) in [5.41, 5.74) is 1.53. The first kappa shape index (κ1) is 11.7. The minimum Gasteiger partial charge on any atom is -0.0856 e. The van der Waals surface area contributed by atoms with Gasteiger partial charge >= 0.3 is 0 Å². The minimum atomic E-state index is 0.834. The molecule has 1 unspecified atom stereocenters. The Bertz CT molecular complexity index is 131. The summed E-state index contributed by atoms with van der Waals surface area (Å²) >= 11 is 0. The Kier molecular flexibility index (Phi) is 6.14. The Morgan fingerprint density at radius 2 is 1.83 bits per heavy atom. The van der Waals surface area contributed by atoms with Gasteiger partial charge in [-0.1, -0.05) is 39.3 Å². The predicted molar refractivity (Wildman–Crippen MR) is 57.3 cm³/mol. The van der Waals surface area contributed by atoms with Crippen molar-refractivity contribution in [3.05, 3.63) is 11.6 Å². The molecule has 0 fully saturated rings. The first-order chi connectivity index (χ1) is 5.57. The normalized spacial score (nSPS) is 15.3. The summed E-state index contributed by atoms with van der Waals surface area (Å²) in [5, 5.41) is 0. The molecule has 0 aromatic carbocycles. The lowest BCUT2D eigenvalue weighted by Crippen LogP contribution is -2.02. The second kappa shape index (κ2) is 6.28. The van der Waals surface area contributed by atoms with Gasteiger partial charge in [0.1, 0.15) is 0 Å². The van der Waals surface area contributed by atoms with Crippen molar-refractivity contribution in [3.63, 3.8) is 0 Å². The van der Waals surface area contributed by atoms with Crippen molar-refractivity contribution < 1.29 is 0 Å². The quantitative estimate of drug-likeness (QED) is 0.533. The maximum atomic E-state index is 2.39. The van der Waals surface area contributed by atoms with Crippen LogP contribution in [0, 0.1) is 11.8 Å². The van der Waals surface area contributed by atoms with Gasteiger partial charge in [0, 0.05) is 0 Å². The number of allylic oxidation sites excluding steroid dienone is 2. The molecule has 0 amide bonds. The first-order valence-corrected chi connectivity index (χ1v) is 5.23. The molecule has 1 atom stereocenters. The van der Waals surface area contributed by atoms with Gasteiger partial charge in [0.25, 0.3) is 0 Å². The molecule has 0 saturated heterocycles. The van der Waals surface area contributed by atoms with Crippen molar-refractivity contribution in [1.29, 1.82) is 0 Å². The zero-order valence-electron chi connectivity index (χ0n) is 9.35. The predicted octanol–water partition coefficient (Wildman–Crippen LogP) is 4.42. The van der Waals surface area contributed by atoms with Crippen LogP contribution in [0.25, 0.3) is 0 Å². The largest absolute Gasteiger partial charge is 0.0856 e. The second-order valence-electron chi connectivity index (χ2n) is 4.20. The maximum Gasteiger partial charge on any atom is -0.0346 e. The van der Waals surface area contributed by atoms with Gasteiger partial charge < -0.3 is 0 Å². The summed E-state index contributed by atoms with van der Waals surface area (Å²) in [7, 11) is 0. The van der Waals surface area contributed by atoms with Crippen molar-refractivity contribution in [2.75, 3.05) is 0 Å². The van der Waals surface area contributed by atoms with Gasteiger partial charge in [0.2, 0.25) is 0 Å². The number of hydrogen-bond donors (Lipinski definition) is 0. The third-order valence-electron chi connectivity index (χ3n) is 2.81. The molecule has 0 heterocycles. The van der Waals surface area contributed by atoms with Crippen LogP contribution in [-0.2, 0) is 0 Å². The van der Waals surface area contributed by atoms with Crippen LogP contribution in [0.3, 0.4) is 0 Å². The van der Waals surface area contributed by atoms with E-state index < -0.39 is 0 Å². The SMILES string of the molecule is CCC(C)=CCCC(C)C(C)C. The average molecular weight is 168 g/mol. The summed E-state index contributed by atoms with van der Waals surface area (Å²) in [6, 6.07) is 0. The molecule has 0 nitrogen and oxygen atoms in total. The van der Waals surface area contributed by atoms with E-state index in [2.05, 4.69) is 40.7 Å². The van der Waals surface area contributed by atoms with Gasteiger partial charge in [0.05, 0.1) is 0 Å². The maximum absolute atomic E-state index is 2.39. The van der Waals surface area contributed by atoms with Crippen LogP contribution in [0.1, 0.15) is 53.9 Å². The van der Waals surface area contributed by atoms with E-state index in [1.165, 1.54) is 24.8 Å². The van der Waals surface area contributed by atoms with E-state index >= 15 is 0 Å². The highest BCUT2D eigenvalue weighted by Gasteiger charge is 2.04.